The molecule has 0 amide bonds. The van der Waals surface area contributed by atoms with Crippen LogP contribution in [0.2, 0.25) is 0 Å². The average molecular weight is 243 g/mol. The molecule has 5 heteroatoms. The highest BCUT2D eigenvalue weighted by Crippen LogP contribution is 2.39. The fourth-order valence-electron chi connectivity index (χ4n) is 1.78. The molecule has 94 valence electrons. The summed E-state index contributed by atoms with van der Waals surface area (Å²) < 4.78 is 31.6. The summed E-state index contributed by atoms with van der Waals surface area (Å²) in [6.45, 7) is -0.167. The van der Waals surface area contributed by atoms with Gasteiger partial charge in [0.25, 0.3) is 0 Å². The van der Waals surface area contributed by atoms with Crippen molar-refractivity contribution >= 4 is 0 Å². The summed E-state index contributed by atoms with van der Waals surface area (Å²) in [7, 11) is 0. The van der Waals surface area contributed by atoms with E-state index in [-0.39, 0.29) is 19.1 Å². The number of rotatable bonds is 5. The Hall–Kier alpha value is -1.20. The molecule has 1 fully saturated rings. The molecule has 1 unspecified atom stereocenters. The van der Waals surface area contributed by atoms with Gasteiger partial charge in [-0.1, -0.05) is 6.07 Å². The number of halogens is 2. The molecular formula is C12H15F2NO2. The molecule has 1 aliphatic rings. The molecule has 0 aliphatic heterocycles. The van der Waals surface area contributed by atoms with E-state index >= 15 is 0 Å². The molecule has 2 rings (SSSR count). The molecule has 1 aromatic carbocycles. The molecule has 0 spiro atoms. The van der Waals surface area contributed by atoms with Crippen molar-refractivity contribution in [2.24, 2.45) is 11.7 Å². The second kappa shape index (κ2) is 4.58. The normalized spacial score (nSPS) is 18.8. The summed E-state index contributed by atoms with van der Waals surface area (Å²) in [5.74, 6) is -1.94. The fourth-order valence-corrected chi connectivity index (χ4v) is 1.78. The number of hydrogen-bond acceptors (Lipinski definition) is 3. The highest BCUT2D eigenvalue weighted by Gasteiger charge is 2.43. The minimum Gasteiger partial charge on any atom is -0.484 e. The van der Waals surface area contributed by atoms with E-state index in [0.29, 0.717) is 0 Å². The largest absolute Gasteiger partial charge is 0.484 e. The second-order valence-corrected chi connectivity index (χ2v) is 4.42. The first-order valence-corrected chi connectivity index (χ1v) is 5.56. The summed E-state index contributed by atoms with van der Waals surface area (Å²) in [4.78, 5) is 0. The zero-order chi connectivity index (χ0) is 12.5. The van der Waals surface area contributed by atoms with Gasteiger partial charge in [0.15, 0.2) is 17.4 Å². The monoisotopic (exact) mass is 243 g/mol. The van der Waals surface area contributed by atoms with Gasteiger partial charge in [0.1, 0.15) is 12.2 Å². The number of ether oxygens (including phenoxy) is 1. The highest BCUT2D eigenvalue weighted by molar-refractivity contribution is 5.26. The molecule has 1 atom stereocenters. The van der Waals surface area contributed by atoms with Crippen LogP contribution >= 0.6 is 0 Å². The SMILES string of the molecule is NCC(O)(COc1c(F)cccc1F)C1CC1. The van der Waals surface area contributed by atoms with E-state index in [1.165, 1.54) is 6.07 Å². The third-order valence-electron chi connectivity index (χ3n) is 3.08. The lowest BCUT2D eigenvalue weighted by Gasteiger charge is -2.26. The molecule has 3 N–H and O–H groups in total. The van der Waals surface area contributed by atoms with Crippen molar-refractivity contribution in [3.8, 4) is 5.75 Å². The van der Waals surface area contributed by atoms with Crippen LogP contribution < -0.4 is 10.5 Å². The molecule has 0 saturated heterocycles. The minimum atomic E-state index is -1.19. The van der Waals surface area contributed by atoms with Gasteiger partial charge in [-0.2, -0.15) is 0 Å². The predicted molar refractivity (Wildman–Crippen MR) is 58.6 cm³/mol. The van der Waals surface area contributed by atoms with E-state index in [1.54, 1.807) is 0 Å². The van der Waals surface area contributed by atoms with Crippen LogP contribution in [-0.2, 0) is 0 Å². The maximum absolute atomic E-state index is 13.3. The van der Waals surface area contributed by atoms with Gasteiger partial charge in [-0.25, -0.2) is 8.78 Å². The molecule has 1 saturated carbocycles. The van der Waals surface area contributed by atoms with Gasteiger partial charge in [0, 0.05) is 6.54 Å². The zero-order valence-electron chi connectivity index (χ0n) is 9.33. The topological polar surface area (TPSA) is 55.5 Å². The van der Waals surface area contributed by atoms with Crippen LogP contribution in [0, 0.1) is 17.6 Å². The van der Waals surface area contributed by atoms with Crippen LogP contribution in [0.15, 0.2) is 18.2 Å². The molecule has 1 aromatic rings. The van der Waals surface area contributed by atoms with Crippen molar-refractivity contribution in [1.82, 2.24) is 0 Å². The first-order valence-electron chi connectivity index (χ1n) is 5.56. The second-order valence-electron chi connectivity index (χ2n) is 4.42. The van der Waals surface area contributed by atoms with Gasteiger partial charge in [-0.3, -0.25) is 0 Å². The number of benzene rings is 1. The van der Waals surface area contributed by atoms with Crippen LogP contribution in [0.3, 0.4) is 0 Å². The van der Waals surface area contributed by atoms with Gasteiger partial charge in [-0.05, 0) is 30.9 Å². The van der Waals surface area contributed by atoms with E-state index in [4.69, 9.17) is 10.5 Å². The molecule has 0 heterocycles. The first-order chi connectivity index (χ1) is 8.07. The molecule has 0 bridgehead atoms. The van der Waals surface area contributed by atoms with Crippen LogP contribution in [0.25, 0.3) is 0 Å². The summed E-state index contributed by atoms with van der Waals surface area (Å²) in [6.07, 6.45) is 1.74. The lowest BCUT2D eigenvalue weighted by atomic mass is 9.99. The molecule has 3 nitrogen and oxygen atoms in total. The van der Waals surface area contributed by atoms with Gasteiger partial charge in [-0.15, -0.1) is 0 Å². The number of aliphatic hydroxyl groups is 1. The summed E-state index contributed by atoms with van der Waals surface area (Å²) >= 11 is 0. The average Bonchev–Trinajstić information content (AvgIpc) is 3.12. The molecule has 1 aliphatic carbocycles. The fraction of sp³-hybridized carbons (Fsp3) is 0.500. The summed E-state index contributed by atoms with van der Waals surface area (Å²) in [5, 5.41) is 10.1. The predicted octanol–water partition coefficient (Wildman–Crippen LogP) is 1.44. The van der Waals surface area contributed by atoms with Crippen molar-refractivity contribution in [3.05, 3.63) is 29.8 Å². The van der Waals surface area contributed by atoms with Crippen molar-refractivity contribution < 1.29 is 18.6 Å². The Bertz CT molecular complexity index is 389. The van der Waals surface area contributed by atoms with Crippen LogP contribution in [0.5, 0.6) is 5.75 Å². The maximum Gasteiger partial charge on any atom is 0.190 e. The maximum atomic E-state index is 13.3. The Labute approximate surface area is 98.2 Å². The summed E-state index contributed by atoms with van der Waals surface area (Å²) in [6, 6.07) is 3.47. The lowest BCUT2D eigenvalue weighted by molar-refractivity contribution is -0.0181. The molecule has 0 aromatic heterocycles. The standard InChI is InChI=1S/C12H15F2NO2/c13-9-2-1-3-10(14)11(9)17-7-12(16,6-15)8-4-5-8/h1-3,8,16H,4-7,15H2. The van der Waals surface area contributed by atoms with Gasteiger partial charge in [0.2, 0.25) is 0 Å². The van der Waals surface area contributed by atoms with E-state index in [9.17, 15) is 13.9 Å². The van der Waals surface area contributed by atoms with E-state index < -0.39 is 23.0 Å². The number of hydrogen-bond donors (Lipinski definition) is 2. The van der Waals surface area contributed by atoms with Crippen molar-refractivity contribution in [2.45, 2.75) is 18.4 Å². The van der Waals surface area contributed by atoms with Crippen LogP contribution in [-0.4, -0.2) is 23.9 Å². The van der Waals surface area contributed by atoms with Crippen LogP contribution in [0.1, 0.15) is 12.8 Å². The number of nitrogens with two attached hydrogens (primary N) is 1. The minimum absolute atomic E-state index is 0.0216. The van der Waals surface area contributed by atoms with Crippen molar-refractivity contribution in [3.63, 3.8) is 0 Å². The third kappa shape index (κ3) is 2.56. The van der Waals surface area contributed by atoms with E-state index in [1.807, 2.05) is 0 Å². The smallest absolute Gasteiger partial charge is 0.190 e. The molecule has 17 heavy (non-hydrogen) atoms. The Morgan fingerprint density at radius 1 is 1.35 bits per heavy atom. The molecule has 0 radical (unpaired) electrons. The van der Waals surface area contributed by atoms with Crippen LogP contribution in [0.4, 0.5) is 8.78 Å². The summed E-state index contributed by atoms with van der Waals surface area (Å²) in [5.41, 5.74) is 4.28. The van der Waals surface area contributed by atoms with Crippen molar-refractivity contribution in [1.29, 1.82) is 0 Å². The first kappa shape index (κ1) is 12.3. The Kier molecular flexibility index (Phi) is 3.31. The van der Waals surface area contributed by atoms with E-state index in [2.05, 4.69) is 0 Å². The zero-order valence-corrected chi connectivity index (χ0v) is 9.33. The quantitative estimate of drug-likeness (QED) is 0.822. The lowest BCUT2D eigenvalue weighted by Crippen LogP contribution is -2.45. The Morgan fingerprint density at radius 3 is 2.41 bits per heavy atom. The van der Waals surface area contributed by atoms with Gasteiger partial charge in [0.05, 0.1) is 0 Å². The molecular weight excluding hydrogens is 228 g/mol. The van der Waals surface area contributed by atoms with E-state index in [0.717, 1.165) is 25.0 Å². The Balaban J connectivity index is 2.06. The number of para-hydroxylation sites is 1. The third-order valence-corrected chi connectivity index (χ3v) is 3.08. The van der Waals surface area contributed by atoms with Crippen molar-refractivity contribution in [2.75, 3.05) is 13.2 Å². The van der Waals surface area contributed by atoms with Gasteiger partial charge < -0.3 is 15.6 Å². The Morgan fingerprint density at radius 2 is 1.94 bits per heavy atom. The van der Waals surface area contributed by atoms with Gasteiger partial charge >= 0.3 is 0 Å². The highest BCUT2D eigenvalue weighted by atomic mass is 19.1.